The largest absolute Gasteiger partial charge is 0.452 e. The predicted octanol–water partition coefficient (Wildman–Crippen LogP) is 4.36. The number of nitrogens with zero attached hydrogens (tertiary/aromatic N) is 1. The van der Waals surface area contributed by atoms with Gasteiger partial charge in [-0.25, -0.2) is 0 Å². The molecule has 0 aliphatic rings. The number of furan rings is 1. The molecule has 3 aromatic rings. The van der Waals surface area contributed by atoms with Gasteiger partial charge in [-0.2, -0.15) is 0 Å². The number of rotatable bonds is 3. The van der Waals surface area contributed by atoms with Crippen molar-refractivity contribution in [2.75, 3.05) is 7.05 Å². The SMILES string of the molecule is CN(Cc1ccc2ccccc2c1)C(=O)c1ccoc1Cl. The van der Waals surface area contributed by atoms with Gasteiger partial charge in [0.1, 0.15) is 0 Å². The lowest BCUT2D eigenvalue weighted by Crippen LogP contribution is -2.26. The number of carbonyl (C=O) groups is 1. The van der Waals surface area contributed by atoms with Crippen molar-refractivity contribution in [3.05, 3.63) is 71.1 Å². The van der Waals surface area contributed by atoms with E-state index in [1.807, 2.05) is 18.2 Å². The maximum Gasteiger partial charge on any atom is 0.258 e. The van der Waals surface area contributed by atoms with Gasteiger partial charge in [0.25, 0.3) is 5.91 Å². The number of hydrogen-bond donors (Lipinski definition) is 0. The zero-order chi connectivity index (χ0) is 14.8. The summed E-state index contributed by atoms with van der Waals surface area (Å²) in [6, 6.07) is 15.9. The van der Waals surface area contributed by atoms with Crippen molar-refractivity contribution in [1.29, 1.82) is 0 Å². The molecular weight excluding hydrogens is 286 g/mol. The molecule has 0 aliphatic heterocycles. The fourth-order valence-corrected chi connectivity index (χ4v) is 2.53. The summed E-state index contributed by atoms with van der Waals surface area (Å²) in [6.45, 7) is 0.519. The summed E-state index contributed by atoms with van der Waals surface area (Å²) in [5, 5.41) is 2.48. The van der Waals surface area contributed by atoms with Gasteiger partial charge in [0, 0.05) is 13.6 Å². The number of carbonyl (C=O) groups excluding carboxylic acids is 1. The summed E-state index contributed by atoms with van der Waals surface area (Å²) >= 11 is 5.85. The van der Waals surface area contributed by atoms with Crippen molar-refractivity contribution in [3.8, 4) is 0 Å². The minimum atomic E-state index is -0.151. The van der Waals surface area contributed by atoms with Gasteiger partial charge in [-0.1, -0.05) is 36.4 Å². The van der Waals surface area contributed by atoms with Crippen molar-refractivity contribution < 1.29 is 9.21 Å². The summed E-state index contributed by atoms with van der Waals surface area (Å²) in [5.41, 5.74) is 1.46. The van der Waals surface area contributed by atoms with E-state index in [9.17, 15) is 4.79 Å². The summed E-state index contributed by atoms with van der Waals surface area (Å²) < 4.78 is 4.96. The van der Waals surface area contributed by atoms with Gasteiger partial charge in [0.05, 0.1) is 11.8 Å². The average molecular weight is 300 g/mol. The molecule has 1 heterocycles. The van der Waals surface area contributed by atoms with Crippen LogP contribution < -0.4 is 0 Å². The third-order valence-electron chi connectivity index (χ3n) is 3.43. The Morgan fingerprint density at radius 1 is 1.14 bits per heavy atom. The highest BCUT2D eigenvalue weighted by molar-refractivity contribution is 6.32. The summed E-state index contributed by atoms with van der Waals surface area (Å²) in [7, 11) is 1.75. The molecule has 0 unspecified atom stereocenters. The third kappa shape index (κ3) is 2.78. The van der Waals surface area contributed by atoms with Crippen molar-refractivity contribution in [2.45, 2.75) is 6.54 Å². The molecule has 21 heavy (non-hydrogen) atoms. The Balaban J connectivity index is 1.81. The Morgan fingerprint density at radius 2 is 1.90 bits per heavy atom. The van der Waals surface area contributed by atoms with Gasteiger partial charge in [0.2, 0.25) is 5.22 Å². The second kappa shape index (κ2) is 5.62. The highest BCUT2D eigenvalue weighted by atomic mass is 35.5. The van der Waals surface area contributed by atoms with Crippen LogP contribution in [0.15, 0.2) is 59.2 Å². The Bertz CT molecular complexity index is 794. The number of fused-ring (bicyclic) bond motifs is 1. The van der Waals surface area contributed by atoms with E-state index in [-0.39, 0.29) is 11.1 Å². The number of hydrogen-bond acceptors (Lipinski definition) is 2. The lowest BCUT2D eigenvalue weighted by Gasteiger charge is -2.17. The van der Waals surface area contributed by atoms with Gasteiger partial charge < -0.3 is 9.32 Å². The Kier molecular flexibility index (Phi) is 3.67. The van der Waals surface area contributed by atoms with Crippen molar-refractivity contribution >= 4 is 28.3 Å². The van der Waals surface area contributed by atoms with Crippen LogP contribution in [0.3, 0.4) is 0 Å². The molecule has 0 bridgehead atoms. The molecule has 0 aliphatic carbocycles. The van der Waals surface area contributed by atoms with Crippen molar-refractivity contribution in [3.63, 3.8) is 0 Å². The smallest absolute Gasteiger partial charge is 0.258 e. The van der Waals surface area contributed by atoms with Crippen LogP contribution in [0.2, 0.25) is 5.22 Å². The molecule has 1 amide bonds. The van der Waals surface area contributed by atoms with Gasteiger partial charge in [-0.3, -0.25) is 4.79 Å². The zero-order valence-corrected chi connectivity index (χ0v) is 12.3. The molecule has 0 saturated carbocycles. The highest BCUT2D eigenvalue weighted by Crippen LogP contribution is 2.20. The Hall–Kier alpha value is -2.26. The van der Waals surface area contributed by atoms with Gasteiger partial charge in [0.15, 0.2) is 0 Å². The van der Waals surface area contributed by atoms with E-state index in [1.165, 1.54) is 11.6 Å². The summed E-state index contributed by atoms with van der Waals surface area (Å²) in [6.07, 6.45) is 1.42. The first-order valence-corrected chi connectivity index (χ1v) is 6.99. The third-order valence-corrected chi connectivity index (χ3v) is 3.72. The molecule has 2 aromatic carbocycles. The summed E-state index contributed by atoms with van der Waals surface area (Å²) in [4.78, 5) is 13.9. The second-order valence-electron chi connectivity index (χ2n) is 4.95. The average Bonchev–Trinajstić information content (AvgIpc) is 2.92. The van der Waals surface area contributed by atoms with Crippen LogP contribution in [0.25, 0.3) is 10.8 Å². The fourth-order valence-electron chi connectivity index (χ4n) is 2.33. The van der Waals surface area contributed by atoms with Gasteiger partial charge in [-0.05, 0) is 40.1 Å². The molecule has 0 spiro atoms. The molecule has 106 valence electrons. The molecule has 0 radical (unpaired) electrons. The van der Waals surface area contributed by atoms with E-state index in [2.05, 4.69) is 24.3 Å². The molecule has 0 N–H and O–H groups in total. The standard InChI is InChI=1S/C17H14ClNO2/c1-19(17(20)15-8-9-21-16(15)18)11-12-6-7-13-4-2-3-5-14(13)10-12/h2-10H,11H2,1H3. The highest BCUT2D eigenvalue weighted by Gasteiger charge is 2.17. The molecular formula is C17H14ClNO2. The minimum Gasteiger partial charge on any atom is -0.452 e. The lowest BCUT2D eigenvalue weighted by atomic mass is 10.1. The molecule has 0 atom stereocenters. The van der Waals surface area contributed by atoms with E-state index in [0.29, 0.717) is 12.1 Å². The zero-order valence-electron chi connectivity index (χ0n) is 11.5. The molecule has 1 aromatic heterocycles. The molecule has 3 rings (SSSR count). The number of amides is 1. The normalized spacial score (nSPS) is 10.8. The fraction of sp³-hybridized carbons (Fsp3) is 0.118. The first kappa shape index (κ1) is 13.7. The van der Waals surface area contributed by atoms with E-state index >= 15 is 0 Å². The molecule has 3 nitrogen and oxygen atoms in total. The summed E-state index contributed by atoms with van der Waals surface area (Å²) in [5.74, 6) is -0.151. The van der Waals surface area contributed by atoms with Gasteiger partial charge >= 0.3 is 0 Å². The van der Waals surface area contributed by atoms with E-state index in [1.54, 1.807) is 18.0 Å². The lowest BCUT2D eigenvalue weighted by molar-refractivity contribution is 0.0784. The minimum absolute atomic E-state index is 0.130. The van der Waals surface area contributed by atoms with Gasteiger partial charge in [-0.15, -0.1) is 0 Å². The quantitative estimate of drug-likeness (QED) is 0.720. The van der Waals surface area contributed by atoms with E-state index in [0.717, 1.165) is 10.9 Å². The molecule has 0 saturated heterocycles. The van der Waals surface area contributed by atoms with Crippen LogP contribution in [0.4, 0.5) is 0 Å². The van der Waals surface area contributed by atoms with Crippen LogP contribution in [-0.2, 0) is 6.54 Å². The first-order valence-electron chi connectivity index (χ1n) is 6.61. The maximum atomic E-state index is 12.3. The topological polar surface area (TPSA) is 33.5 Å². The van der Waals surface area contributed by atoms with Crippen LogP contribution in [0.5, 0.6) is 0 Å². The van der Waals surface area contributed by atoms with Crippen LogP contribution in [0, 0.1) is 0 Å². The van der Waals surface area contributed by atoms with E-state index < -0.39 is 0 Å². The van der Waals surface area contributed by atoms with Crippen LogP contribution in [-0.4, -0.2) is 17.9 Å². The van der Waals surface area contributed by atoms with Crippen LogP contribution in [0.1, 0.15) is 15.9 Å². The predicted molar refractivity (Wildman–Crippen MR) is 83.5 cm³/mol. The van der Waals surface area contributed by atoms with E-state index in [4.69, 9.17) is 16.0 Å². The first-order chi connectivity index (χ1) is 10.1. The Morgan fingerprint density at radius 3 is 2.62 bits per heavy atom. The van der Waals surface area contributed by atoms with Crippen molar-refractivity contribution in [2.24, 2.45) is 0 Å². The van der Waals surface area contributed by atoms with Crippen molar-refractivity contribution in [1.82, 2.24) is 4.90 Å². The molecule has 4 heteroatoms. The maximum absolute atomic E-state index is 12.3. The number of benzene rings is 2. The Labute approximate surface area is 127 Å². The monoisotopic (exact) mass is 299 g/mol. The van der Waals surface area contributed by atoms with Crippen LogP contribution >= 0.6 is 11.6 Å². The number of halogens is 1. The molecule has 0 fully saturated rings. The second-order valence-corrected chi connectivity index (χ2v) is 5.29.